The number of allylic oxidation sites excluding steroid dienone is 1. The predicted molar refractivity (Wildman–Crippen MR) is 93.3 cm³/mol. The molecule has 0 aliphatic carbocycles. The lowest BCUT2D eigenvalue weighted by Gasteiger charge is -2.15. The van der Waals surface area contributed by atoms with E-state index < -0.39 is 0 Å². The molecule has 0 fully saturated rings. The fourth-order valence-corrected chi connectivity index (χ4v) is 2.17. The molecule has 0 saturated heterocycles. The van der Waals surface area contributed by atoms with Crippen LogP contribution in [0.5, 0.6) is 11.5 Å². The van der Waals surface area contributed by atoms with E-state index in [-0.39, 0.29) is 11.9 Å². The summed E-state index contributed by atoms with van der Waals surface area (Å²) < 4.78 is 11.2. The Morgan fingerprint density at radius 1 is 1.09 bits per heavy atom. The van der Waals surface area contributed by atoms with Crippen molar-refractivity contribution in [3.8, 4) is 11.5 Å². The van der Waals surface area contributed by atoms with Gasteiger partial charge >= 0.3 is 0 Å². The Balaban J connectivity index is 2.28. The van der Waals surface area contributed by atoms with Crippen LogP contribution in [0.2, 0.25) is 0 Å². The number of aryl methyl sites for hydroxylation is 1. The third kappa shape index (κ3) is 4.46. The van der Waals surface area contributed by atoms with Crippen molar-refractivity contribution in [2.24, 2.45) is 0 Å². The van der Waals surface area contributed by atoms with E-state index >= 15 is 0 Å². The van der Waals surface area contributed by atoms with Crippen LogP contribution in [0.1, 0.15) is 35.3 Å². The molecular formula is C20H22O3. The Morgan fingerprint density at radius 2 is 1.78 bits per heavy atom. The number of rotatable bonds is 6. The average molecular weight is 310 g/mol. The highest BCUT2D eigenvalue weighted by Gasteiger charge is 2.11. The van der Waals surface area contributed by atoms with Gasteiger partial charge in [0.15, 0.2) is 17.3 Å². The lowest BCUT2D eigenvalue weighted by Crippen LogP contribution is -2.08. The number of hydrogen-bond donors (Lipinski definition) is 0. The molecule has 0 spiro atoms. The van der Waals surface area contributed by atoms with Gasteiger partial charge in [-0.1, -0.05) is 42.0 Å². The summed E-state index contributed by atoms with van der Waals surface area (Å²) in [7, 11) is 1.60. The maximum atomic E-state index is 12.3. The largest absolute Gasteiger partial charge is 0.493 e. The number of hydrogen-bond acceptors (Lipinski definition) is 3. The van der Waals surface area contributed by atoms with Crippen LogP contribution in [0.15, 0.2) is 48.5 Å². The van der Waals surface area contributed by atoms with Crippen LogP contribution in [0.25, 0.3) is 6.08 Å². The molecule has 3 heteroatoms. The zero-order valence-electron chi connectivity index (χ0n) is 14.0. The quantitative estimate of drug-likeness (QED) is 0.573. The minimum absolute atomic E-state index is 0.0197. The first-order valence-electron chi connectivity index (χ1n) is 7.64. The molecule has 0 saturated carbocycles. The zero-order valence-corrected chi connectivity index (χ0v) is 14.0. The molecule has 0 aliphatic rings. The van der Waals surface area contributed by atoms with E-state index in [1.165, 1.54) is 0 Å². The van der Waals surface area contributed by atoms with E-state index in [9.17, 15) is 4.79 Å². The van der Waals surface area contributed by atoms with E-state index in [0.29, 0.717) is 17.1 Å². The summed E-state index contributed by atoms with van der Waals surface area (Å²) in [4.78, 5) is 12.3. The first-order valence-corrected chi connectivity index (χ1v) is 7.64. The zero-order chi connectivity index (χ0) is 16.8. The van der Waals surface area contributed by atoms with E-state index in [1.807, 2.05) is 63.2 Å². The summed E-state index contributed by atoms with van der Waals surface area (Å²) in [6.45, 7) is 5.91. The molecule has 0 aromatic heterocycles. The Morgan fingerprint density at radius 3 is 2.39 bits per heavy atom. The Bertz CT molecular complexity index is 697. The van der Waals surface area contributed by atoms with E-state index in [4.69, 9.17) is 9.47 Å². The smallest absolute Gasteiger partial charge is 0.185 e. The first kappa shape index (κ1) is 16.8. The molecule has 120 valence electrons. The first-order chi connectivity index (χ1) is 11.0. The molecule has 0 atom stereocenters. The second-order valence-corrected chi connectivity index (χ2v) is 5.61. The summed E-state index contributed by atoms with van der Waals surface area (Å²) in [6, 6.07) is 13.1. The number of methoxy groups -OCH3 is 1. The van der Waals surface area contributed by atoms with Crippen molar-refractivity contribution in [1.82, 2.24) is 0 Å². The monoisotopic (exact) mass is 310 g/mol. The molecule has 0 unspecified atom stereocenters. The molecule has 0 amide bonds. The molecule has 0 radical (unpaired) electrons. The molecule has 2 rings (SSSR count). The van der Waals surface area contributed by atoms with Crippen LogP contribution in [-0.2, 0) is 0 Å². The number of ketones is 1. The van der Waals surface area contributed by atoms with Gasteiger partial charge < -0.3 is 9.47 Å². The summed E-state index contributed by atoms with van der Waals surface area (Å²) in [5.41, 5.74) is 2.62. The highest BCUT2D eigenvalue weighted by molar-refractivity contribution is 6.07. The number of ether oxygens (including phenoxy) is 2. The summed E-state index contributed by atoms with van der Waals surface area (Å²) in [6.07, 6.45) is 3.35. The Kier molecular flexibility index (Phi) is 5.58. The van der Waals surface area contributed by atoms with Crippen molar-refractivity contribution in [2.75, 3.05) is 7.11 Å². The molecule has 0 N–H and O–H groups in total. The van der Waals surface area contributed by atoms with Gasteiger partial charge in [-0.15, -0.1) is 0 Å². The fourth-order valence-electron chi connectivity index (χ4n) is 2.17. The minimum atomic E-state index is -0.0386. The normalized spacial score (nSPS) is 11.0. The van der Waals surface area contributed by atoms with Gasteiger partial charge in [0, 0.05) is 11.1 Å². The SMILES string of the molecule is COc1cccc(/C=C/C(=O)c2ccc(C)cc2)c1OC(C)C. The van der Waals surface area contributed by atoms with Gasteiger partial charge in [-0.2, -0.15) is 0 Å². The van der Waals surface area contributed by atoms with Crippen molar-refractivity contribution >= 4 is 11.9 Å². The van der Waals surface area contributed by atoms with Gasteiger partial charge in [0.2, 0.25) is 0 Å². The van der Waals surface area contributed by atoms with E-state index in [2.05, 4.69) is 0 Å². The van der Waals surface area contributed by atoms with Gasteiger partial charge in [-0.3, -0.25) is 4.79 Å². The van der Waals surface area contributed by atoms with Crippen LogP contribution >= 0.6 is 0 Å². The van der Waals surface area contributed by atoms with Crippen LogP contribution in [-0.4, -0.2) is 19.0 Å². The van der Waals surface area contributed by atoms with Crippen molar-refractivity contribution in [1.29, 1.82) is 0 Å². The topological polar surface area (TPSA) is 35.5 Å². The van der Waals surface area contributed by atoms with Gasteiger partial charge in [0.05, 0.1) is 13.2 Å². The highest BCUT2D eigenvalue weighted by atomic mass is 16.5. The lowest BCUT2D eigenvalue weighted by atomic mass is 10.1. The molecular weight excluding hydrogens is 288 g/mol. The number of carbonyl (C=O) groups excluding carboxylic acids is 1. The Hall–Kier alpha value is -2.55. The van der Waals surface area contributed by atoms with Crippen molar-refractivity contribution in [2.45, 2.75) is 26.9 Å². The highest BCUT2D eigenvalue weighted by Crippen LogP contribution is 2.32. The van der Waals surface area contributed by atoms with Crippen LogP contribution in [0, 0.1) is 6.92 Å². The van der Waals surface area contributed by atoms with Gasteiger partial charge in [-0.25, -0.2) is 0 Å². The summed E-state index contributed by atoms with van der Waals surface area (Å²) in [5, 5.41) is 0. The molecule has 3 nitrogen and oxygen atoms in total. The number of para-hydroxylation sites is 1. The van der Waals surface area contributed by atoms with E-state index in [0.717, 1.165) is 11.1 Å². The maximum absolute atomic E-state index is 12.3. The van der Waals surface area contributed by atoms with Crippen LogP contribution < -0.4 is 9.47 Å². The molecule has 23 heavy (non-hydrogen) atoms. The molecule has 2 aromatic carbocycles. The standard InChI is InChI=1S/C20H22O3/c1-14(2)23-20-17(6-5-7-19(20)22-4)12-13-18(21)16-10-8-15(3)9-11-16/h5-14H,1-4H3/b13-12+. The van der Waals surface area contributed by atoms with Crippen molar-refractivity contribution in [3.05, 3.63) is 65.2 Å². The second kappa shape index (κ2) is 7.63. The Labute approximate surface area is 137 Å². The molecule has 2 aromatic rings. The summed E-state index contributed by atoms with van der Waals surface area (Å²) in [5.74, 6) is 1.27. The van der Waals surface area contributed by atoms with Crippen molar-refractivity contribution in [3.63, 3.8) is 0 Å². The van der Waals surface area contributed by atoms with Gasteiger partial charge in [-0.05, 0) is 39.0 Å². The van der Waals surface area contributed by atoms with E-state index in [1.54, 1.807) is 19.3 Å². The molecule has 0 heterocycles. The lowest BCUT2D eigenvalue weighted by molar-refractivity contribution is 0.104. The van der Waals surface area contributed by atoms with Crippen molar-refractivity contribution < 1.29 is 14.3 Å². The van der Waals surface area contributed by atoms with Gasteiger partial charge in [0.25, 0.3) is 0 Å². The molecule has 0 aliphatic heterocycles. The summed E-state index contributed by atoms with van der Waals surface area (Å²) >= 11 is 0. The second-order valence-electron chi connectivity index (χ2n) is 5.61. The third-order valence-corrected chi connectivity index (χ3v) is 3.33. The maximum Gasteiger partial charge on any atom is 0.185 e. The number of benzene rings is 2. The number of carbonyl (C=O) groups is 1. The fraction of sp³-hybridized carbons (Fsp3) is 0.250. The molecule has 0 bridgehead atoms. The minimum Gasteiger partial charge on any atom is -0.493 e. The average Bonchev–Trinajstić information content (AvgIpc) is 2.53. The van der Waals surface area contributed by atoms with Crippen LogP contribution in [0.4, 0.5) is 0 Å². The van der Waals surface area contributed by atoms with Crippen LogP contribution in [0.3, 0.4) is 0 Å². The van der Waals surface area contributed by atoms with Gasteiger partial charge in [0.1, 0.15) is 0 Å². The predicted octanol–water partition coefficient (Wildman–Crippen LogP) is 4.69. The third-order valence-electron chi connectivity index (χ3n) is 3.33.